The van der Waals surface area contributed by atoms with Crippen molar-refractivity contribution in [2.45, 2.75) is 13.0 Å². The molecule has 0 aliphatic heterocycles. The van der Waals surface area contributed by atoms with Crippen molar-refractivity contribution in [2.75, 3.05) is 36.1 Å². The van der Waals surface area contributed by atoms with Crippen LogP contribution in [0.4, 0.5) is 15.8 Å². The molecule has 10 heteroatoms. The van der Waals surface area contributed by atoms with E-state index in [2.05, 4.69) is 10.6 Å². The SMILES string of the molecule is COCCCNC(=O)c1ccccc1NC(=O)c1ccc(N(Cc2ccc(F)cc2)S(C)(=O)=O)cc1. The summed E-state index contributed by atoms with van der Waals surface area (Å²) in [5, 5.41) is 5.53. The second kappa shape index (κ2) is 12.3. The van der Waals surface area contributed by atoms with Crippen molar-refractivity contribution in [3.63, 3.8) is 0 Å². The molecule has 0 aromatic heterocycles. The Morgan fingerprint density at radius 2 is 1.61 bits per heavy atom. The number of anilines is 2. The highest BCUT2D eigenvalue weighted by atomic mass is 32.2. The van der Waals surface area contributed by atoms with E-state index < -0.39 is 21.7 Å². The Morgan fingerprint density at radius 3 is 2.25 bits per heavy atom. The van der Waals surface area contributed by atoms with E-state index in [-0.39, 0.29) is 18.0 Å². The van der Waals surface area contributed by atoms with Gasteiger partial charge in [-0.3, -0.25) is 13.9 Å². The van der Waals surface area contributed by atoms with Crippen molar-refractivity contribution in [3.8, 4) is 0 Å². The van der Waals surface area contributed by atoms with E-state index in [1.165, 1.54) is 52.8 Å². The summed E-state index contributed by atoms with van der Waals surface area (Å²) in [5.41, 5.74) is 1.92. The zero-order valence-corrected chi connectivity index (χ0v) is 20.8. The van der Waals surface area contributed by atoms with Gasteiger partial charge in [-0.25, -0.2) is 12.8 Å². The van der Waals surface area contributed by atoms with E-state index in [9.17, 15) is 22.4 Å². The number of hydrogen-bond acceptors (Lipinski definition) is 5. The molecule has 0 bridgehead atoms. The van der Waals surface area contributed by atoms with E-state index >= 15 is 0 Å². The Hall–Kier alpha value is -3.76. The number of para-hydroxylation sites is 1. The largest absolute Gasteiger partial charge is 0.385 e. The van der Waals surface area contributed by atoms with Crippen LogP contribution in [0.3, 0.4) is 0 Å². The number of hydrogen-bond donors (Lipinski definition) is 2. The number of methoxy groups -OCH3 is 1. The first-order valence-corrected chi connectivity index (χ1v) is 13.0. The lowest BCUT2D eigenvalue weighted by atomic mass is 10.1. The summed E-state index contributed by atoms with van der Waals surface area (Å²) < 4.78 is 44.2. The molecule has 0 spiro atoms. The molecule has 8 nitrogen and oxygen atoms in total. The van der Waals surface area contributed by atoms with Crippen LogP contribution in [0, 0.1) is 5.82 Å². The van der Waals surface area contributed by atoms with Gasteiger partial charge >= 0.3 is 0 Å². The van der Waals surface area contributed by atoms with Crippen LogP contribution in [0.1, 0.15) is 32.7 Å². The highest BCUT2D eigenvalue weighted by Gasteiger charge is 2.19. The van der Waals surface area contributed by atoms with E-state index in [1.54, 1.807) is 31.4 Å². The van der Waals surface area contributed by atoms with E-state index in [0.717, 1.165) is 6.26 Å². The quantitative estimate of drug-likeness (QED) is 0.380. The van der Waals surface area contributed by atoms with E-state index in [0.29, 0.717) is 42.1 Å². The molecule has 0 aliphatic rings. The second-order valence-electron chi connectivity index (χ2n) is 8.04. The van der Waals surface area contributed by atoms with Gasteiger partial charge in [-0.2, -0.15) is 0 Å². The minimum atomic E-state index is -3.65. The average molecular weight is 514 g/mol. The van der Waals surface area contributed by atoms with Gasteiger partial charge in [0.1, 0.15) is 5.82 Å². The number of benzene rings is 3. The molecule has 2 amide bonds. The molecular formula is C26H28FN3O5S. The van der Waals surface area contributed by atoms with Crippen LogP contribution in [-0.2, 0) is 21.3 Å². The summed E-state index contributed by atoms with van der Waals surface area (Å²) in [6.45, 7) is 0.970. The molecule has 0 saturated carbocycles. The third-order valence-electron chi connectivity index (χ3n) is 5.29. The number of ether oxygens (including phenoxy) is 1. The number of amides is 2. The van der Waals surface area contributed by atoms with Crippen LogP contribution >= 0.6 is 0 Å². The van der Waals surface area contributed by atoms with Crippen LogP contribution in [0.15, 0.2) is 72.8 Å². The van der Waals surface area contributed by atoms with Crippen LogP contribution in [0.2, 0.25) is 0 Å². The van der Waals surface area contributed by atoms with Gasteiger partial charge in [-0.05, 0) is 60.5 Å². The third kappa shape index (κ3) is 7.37. The fourth-order valence-corrected chi connectivity index (χ4v) is 4.32. The molecule has 3 rings (SSSR count). The minimum absolute atomic E-state index is 0.0114. The van der Waals surface area contributed by atoms with E-state index in [1.807, 2.05) is 0 Å². The molecule has 0 heterocycles. The maximum absolute atomic E-state index is 13.2. The lowest BCUT2D eigenvalue weighted by Crippen LogP contribution is -2.29. The zero-order valence-electron chi connectivity index (χ0n) is 20.0. The molecule has 2 N–H and O–H groups in total. The number of halogens is 1. The predicted molar refractivity (Wildman–Crippen MR) is 137 cm³/mol. The Labute approximate surface area is 210 Å². The topological polar surface area (TPSA) is 105 Å². The van der Waals surface area contributed by atoms with Crippen LogP contribution in [0.25, 0.3) is 0 Å². The summed E-state index contributed by atoms with van der Waals surface area (Å²) in [6.07, 6.45) is 1.74. The molecule has 0 atom stereocenters. The van der Waals surface area contributed by atoms with Crippen molar-refractivity contribution >= 4 is 33.2 Å². The highest BCUT2D eigenvalue weighted by Crippen LogP contribution is 2.23. The van der Waals surface area contributed by atoms with Crippen molar-refractivity contribution in [2.24, 2.45) is 0 Å². The molecule has 3 aromatic carbocycles. The number of nitrogens with one attached hydrogen (secondary N) is 2. The summed E-state index contributed by atoms with van der Waals surface area (Å²) in [4.78, 5) is 25.4. The Morgan fingerprint density at radius 1 is 0.944 bits per heavy atom. The number of carbonyl (C=O) groups excluding carboxylic acids is 2. The number of rotatable bonds is 11. The summed E-state index contributed by atoms with van der Waals surface area (Å²) in [6, 6.07) is 18.3. The fourth-order valence-electron chi connectivity index (χ4n) is 3.43. The monoisotopic (exact) mass is 513 g/mol. The van der Waals surface area contributed by atoms with Crippen molar-refractivity contribution in [3.05, 3.63) is 95.3 Å². The molecule has 0 radical (unpaired) electrons. The Balaban J connectivity index is 1.73. The van der Waals surface area contributed by atoms with Crippen LogP contribution < -0.4 is 14.9 Å². The van der Waals surface area contributed by atoms with Gasteiger partial charge in [-0.1, -0.05) is 24.3 Å². The van der Waals surface area contributed by atoms with Crippen molar-refractivity contribution in [1.82, 2.24) is 5.32 Å². The van der Waals surface area contributed by atoms with Gasteiger partial charge in [0.25, 0.3) is 11.8 Å². The number of sulfonamides is 1. The minimum Gasteiger partial charge on any atom is -0.385 e. The van der Waals surface area contributed by atoms with Crippen LogP contribution in [-0.4, -0.2) is 46.7 Å². The van der Waals surface area contributed by atoms with Gasteiger partial charge in [0.2, 0.25) is 10.0 Å². The first kappa shape index (κ1) is 26.8. The van der Waals surface area contributed by atoms with Crippen molar-refractivity contribution < 1.29 is 27.1 Å². The molecule has 36 heavy (non-hydrogen) atoms. The summed E-state index contributed by atoms with van der Waals surface area (Å²) in [5.74, 6) is -1.18. The molecule has 0 unspecified atom stereocenters. The first-order valence-electron chi connectivity index (χ1n) is 11.2. The molecular weight excluding hydrogens is 485 g/mol. The van der Waals surface area contributed by atoms with E-state index in [4.69, 9.17) is 4.74 Å². The molecule has 0 aliphatic carbocycles. The Bertz CT molecular complexity index is 1300. The Kier molecular flexibility index (Phi) is 9.15. The maximum Gasteiger partial charge on any atom is 0.255 e. The number of carbonyl (C=O) groups is 2. The third-order valence-corrected chi connectivity index (χ3v) is 6.43. The lowest BCUT2D eigenvalue weighted by Gasteiger charge is -2.23. The van der Waals surface area contributed by atoms with Gasteiger partial charge in [-0.15, -0.1) is 0 Å². The normalized spacial score (nSPS) is 11.1. The zero-order chi connectivity index (χ0) is 26.1. The smallest absolute Gasteiger partial charge is 0.255 e. The standard InChI is InChI=1S/C26H28FN3O5S/c1-35-17-5-16-28-26(32)23-6-3-4-7-24(23)29-25(31)20-10-14-22(15-11-20)30(36(2,33)34)18-19-8-12-21(27)13-9-19/h3-4,6-15H,5,16-18H2,1-2H3,(H,28,32)(H,29,31). The fraction of sp³-hybridized carbons (Fsp3) is 0.231. The summed E-state index contributed by atoms with van der Waals surface area (Å²) in [7, 11) is -2.06. The van der Waals surface area contributed by atoms with Gasteiger partial charge in [0, 0.05) is 25.8 Å². The molecule has 3 aromatic rings. The summed E-state index contributed by atoms with van der Waals surface area (Å²) >= 11 is 0. The average Bonchev–Trinajstić information content (AvgIpc) is 2.86. The predicted octanol–water partition coefficient (Wildman–Crippen LogP) is 3.81. The first-order chi connectivity index (χ1) is 17.2. The van der Waals surface area contributed by atoms with Gasteiger partial charge in [0.15, 0.2) is 0 Å². The molecule has 190 valence electrons. The number of nitrogens with zero attached hydrogens (tertiary/aromatic N) is 1. The van der Waals surface area contributed by atoms with Gasteiger partial charge < -0.3 is 15.4 Å². The van der Waals surface area contributed by atoms with Crippen molar-refractivity contribution in [1.29, 1.82) is 0 Å². The van der Waals surface area contributed by atoms with Gasteiger partial charge in [0.05, 0.1) is 29.7 Å². The molecule has 0 fully saturated rings. The molecule has 0 saturated heterocycles. The lowest BCUT2D eigenvalue weighted by molar-refractivity contribution is 0.0949. The highest BCUT2D eigenvalue weighted by molar-refractivity contribution is 7.92. The second-order valence-corrected chi connectivity index (χ2v) is 9.95. The van der Waals surface area contributed by atoms with Crippen LogP contribution in [0.5, 0.6) is 0 Å². The maximum atomic E-state index is 13.2.